The molecular formula is C17H15N5. The molecule has 1 N–H and O–H groups in total. The summed E-state index contributed by atoms with van der Waals surface area (Å²) in [5.74, 6) is 0.743. The fraction of sp³-hybridized carbons (Fsp3) is 0.118. The molecule has 1 atom stereocenters. The smallest absolute Gasteiger partial charge is 0.226 e. The topological polar surface area (TPSA) is 55.6 Å². The number of hydrogen-bond donors (Lipinski definition) is 1. The summed E-state index contributed by atoms with van der Waals surface area (Å²) in [5.41, 5.74) is 4.46. The lowest BCUT2D eigenvalue weighted by Gasteiger charge is -2.24. The third kappa shape index (κ3) is 2.16. The largest absolute Gasteiger partial charge is 0.324 e. The second-order valence-corrected chi connectivity index (χ2v) is 5.33. The van der Waals surface area contributed by atoms with Crippen molar-refractivity contribution in [1.29, 1.82) is 0 Å². The molecule has 3 heterocycles. The zero-order chi connectivity index (χ0) is 14.9. The van der Waals surface area contributed by atoms with Crippen LogP contribution in [0.2, 0.25) is 0 Å². The fourth-order valence-corrected chi connectivity index (χ4v) is 2.63. The van der Waals surface area contributed by atoms with E-state index in [2.05, 4.69) is 57.6 Å². The Morgan fingerprint density at radius 3 is 2.77 bits per heavy atom. The molecule has 1 aliphatic rings. The van der Waals surface area contributed by atoms with Crippen LogP contribution in [-0.4, -0.2) is 19.7 Å². The second-order valence-electron chi connectivity index (χ2n) is 5.33. The molecule has 0 bridgehead atoms. The Bertz CT molecular complexity index is 818. The first-order valence-corrected chi connectivity index (χ1v) is 7.16. The molecule has 4 rings (SSSR count). The number of rotatable bonds is 2. The molecule has 5 heteroatoms. The van der Waals surface area contributed by atoms with E-state index in [0.29, 0.717) is 0 Å². The lowest BCUT2D eigenvalue weighted by atomic mass is 10.0. The van der Waals surface area contributed by atoms with E-state index in [1.54, 1.807) is 12.5 Å². The Labute approximate surface area is 128 Å². The Morgan fingerprint density at radius 2 is 2.00 bits per heavy atom. The molecule has 0 fully saturated rings. The quantitative estimate of drug-likeness (QED) is 0.788. The molecule has 0 unspecified atom stereocenters. The zero-order valence-corrected chi connectivity index (χ0v) is 12.1. The molecule has 0 aliphatic carbocycles. The summed E-state index contributed by atoms with van der Waals surface area (Å²) in [7, 11) is 0. The van der Waals surface area contributed by atoms with Crippen LogP contribution in [0, 0.1) is 6.92 Å². The van der Waals surface area contributed by atoms with Crippen molar-refractivity contribution in [2.24, 2.45) is 0 Å². The molecule has 0 amide bonds. The molecular weight excluding hydrogens is 274 g/mol. The van der Waals surface area contributed by atoms with E-state index in [0.717, 1.165) is 17.2 Å². The van der Waals surface area contributed by atoms with E-state index in [-0.39, 0.29) is 6.04 Å². The molecule has 108 valence electrons. The van der Waals surface area contributed by atoms with E-state index in [4.69, 9.17) is 0 Å². The van der Waals surface area contributed by atoms with E-state index < -0.39 is 0 Å². The summed E-state index contributed by atoms with van der Waals surface area (Å²) >= 11 is 0. The fourth-order valence-electron chi connectivity index (χ4n) is 2.63. The van der Waals surface area contributed by atoms with Gasteiger partial charge in [-0.3, -0.25) is 4.98 Å². The van der Waals surface area contributed by atoms with Gasteiger partial charge in [-0.05, 0) is 30.7 Å². The maximum atomic E-state index is 4.35. The van der Waals surface area contributed by atoms with Crippen LogP contribution in [0.5, 0.6) is 0 Å². The van der Waals surface area contributed by atoms with Gasteiger partial charge in [0.05, 0.1) is 0 Å². The van der Waals surface area contributed by atoms with Crippen molar-refractivity contribution >= 4 is 11.6 Å². The maximum absolute atomic E-state index is 4.35. The normalized spacial score (nSPS) is 16.6. The first-order chi connectivity index (χ1) is 10.8. The minimum absolute atomic E-state index is 0.0227. The first kappa shape index (κ1) is 12.8. The summed E-state index contributed by atoms with van der Waals surface area (Å²) in [5, 5.41) is 7.66. The Kier molecular flexibility index (Phi) is 2.96. The van der Waals surface area contributed by atoms with Crippen molar-refractivity contribution in [1.82, 2.24) is 19.7 Å². The summed E-state index contributed by atoms with van der Waals surface area (Å²) in [6.07, 6.45) is 7.34. The summed E-state index contributed by atoms with van der Waals surface area (Å²) < 4.78 is 1.89. The number of allylic oxidation sites excluding steroid dienone is 1. The van der Waals surface area contributed by atoms with Gasteiger partial charge < -0.3 is 5.32 Å². The third-order valence-electron chi connectivity index (χ3n) is 3.80. The van der Waals surface area contributed by atoms with Gasteiger partial charge >= 0.3 is 0 Å². The van der Waals surface area contributed by atoms with Gasteiger partial charge in [0.15, 0.2) is 0 Å². The second kappa shape index (κ2) is 5.11. The van der Waals surface area contributed by atoms with Gasteiger partial charge in [-0.1, -0.05) is 29.8 Å². The number of aromatic nitrogens is 4. The van der Waals surface area contributed by atoms with E-state index in [9.17, 15) is 0 Å². The predicted molar refractivity (Wildman–Crippen MR) is 85.2 cm³/mol. The number of hydrogen-bond acceptors (Lipinski definition) is 4. The molecule has 0 radical (unpaired) electrons. The van der Waals surface area contributed by atoms with Gasteiger partial charge in [-0.15, -0.1) is 0 Å². The Morgan fingerprint density at radius 1 is 1.14 bits per heavy atom. The van der Waals surface area contributed by atoms with E-state index in [1.165, 1.54) is 11.1 Å². The van der Waals surface area contributed by atoms with Crippen LogP contribution in [0.15, 0.2) is 61.2 Å². The lowest BCUT2D eigenvalue weighted by Crippen LogP contribution is -2.20. The number of aryl methyl sites for hydroxylation is 1. The highest BCUT2D eigenvalue weighted by molar-refractivity contribution is 5.76. The SMILES string of the molecule is Cc1ccc([C@@H]2C=C(c3cccnc3)Nc3ncnn32)cc1. The highest BCUT2D eigenvalue weighted by Crippen LogP contribution is 2.31. The third-order valence-corrected chi connectivity index (χ3v) is 3.80. The van der Waals surface area contributed by atoms with Gasteiger partial charge in [0.25, 0.3) is 0 Å². The minimum Gasteiger partial charge on any atom is -0.324 e. The molecule has 0 spiro atoms. The van der Waals surface area contributed by atoms with Crippen molar-refractivity contribution in [3.63, 3.8) is 0 Å². The monoisotopic (exact) mass is 289 g/mol. The summed E-state index contributed by atoms with van der Waals surface area (Å²) in [6.45, 7) is 2.09. The van der Waals surface area contributed by atoms with Gasteiger partial charge in [-0.2, -0.15) is 10.1 Å². The number of anilines is 1. The molecule has 5 nitrogen and oxygen atoms in total. The van der Waals surface area contributed by atoms with E-state index >= 15 is 0 Å². The van der Waals surface area contributed by atoms with Crippen molar-refractivity contribution in [3.8, 4) is 0 Å². The van der Waals surface area contributed by atoms with Crippen LogP contribution in [0.25, 0.3) is 5.70 Å². The average molecular weight is 289 g/mol. The van der Waals surface area contributed by atoms with Crippen LogP contribution in [0.1, 0.15) is 22.7 Å². The summed E-state index contributed by atoms with van der Waals surface area (Å²) in [4.78, 5) is 8.49. The van der Waals surface area contributed by atoms with Crippen molar-refractivity contribution in [2.75, 3.05) is 5.32 Å². The zero-order valence-electron chi connectivity index (χ0n) is 12.1. The van der Waals surface area contributed by atoms with Crippen molar-refractivity contribution in [3.05, 3.63) is 77.9 Å². The van der Waals surface area contributed by atoms with Gasteiger partial charge in [-0.25, -0.2) is 4.68 Å². The predicted octanol–water partition coefficient (Wildman–Crippen LogP) is 3.04. The van der Waals surface area contributed by atoms with Gasteiger partial charge in [0.1, 0.15) is 12.4 Å². The molecule has 22 heavy (non-hydrogen) atoms. The van der Waals surface area contributed by atoms with Crippen molar-refractivity contribution in [2.45, 2.75) is 13.0 Å². The number of nitrogens with one attached hydrogen (secondary N) is 1. The van der Waals surface area contributed by atoms with Gasteiger partial charge in [0.2, 0.25) is 5.95 Å². The molecule has 3 aromatic rings. The number of nitrogens with zero attached hydrogens (tertiary/aromatic N) is 4. The minimum atomic E-state index is 0.0227. The van der Waals surface area contributed by atoms with Crippen LogP contribution < -0.4 is 5.32 Å². The van der Waals surface area contributed by atoms with E-state index in [1.807, 2.05) is 23.0 Å². The highest BCUT2D eigenvalue weighted by atomic mass is 15.4. The highest BCUT2D eigenvalue weighted by Gasteiger charge is 2.23. The van der Waals surface area contributed by atoms with Crippen LogP contribution >= 0.6 is 0 Å². The van der Waals surface area contributed by atoms with Crippen LogP contribution in [0.4, 0.5) is 5.95 Å². The Hall–Kier alpha value is -2.95. The van der Waals surface area contributed by atoms with Crippen molar-refractivity contribution < 1.29 is 0 Å². The lowest BCUT2D eigenvalue weighted by molar-refractivity contribution is 0.612. The van der Waals surface area contributed by atoms with Crippen LogP contribution in [-0.2, 0) is 0 Å². The Balaban J connectivity index is 1.81. The van der Waals surface area contributed by atoms with Crippen LogP contribution in [0.3, 0.4) is 0 Å². The van der Waals surface area contributed by atoms with Gasteiger partial charge in [0, 0.05) is 23.7 Å². The number of benzene rings is 1. The first-order valence-electron chi connectivity index (χ1n) is 7.16. The summed E-state index contributed by atoms with van der Waals surface area (Å²) in [6, 6.07) is 12.5. The molecule has 0 saturated heterocycles. The maximum Gasteiger partial charge on any atom is 0.226 e. The average Bonchev–Trinajstić information content (AvgIpc) is 3.04. The standard InChI is InChI=1S/C17H15N5/c1-12-4-6-13(7-5-12)16-9-15(14-3-2-8-18-10-14)21-17-19-11-20-22(16)17/h2-11,16H,1H3,(H,19,20,21)/t16-/m0/s1. The molecule has 1 aromatic carbocycles. The number of pyridine rings is 1. The molecule has 1 aliphatic heterocycles. The molecule has 2 aromatic heterocycles. The molecule has 0 saturated carbocycles. The number of fused-ring (bicyclic) bond motifs is 1.